The predicted molar refractivity (Wildman–Crippen MR) is 78.5 cm³/mol. The second-order valence-corrected chi connectivity index (χ2v) is 4.89. The van der Waals surface area contributed by atoms with E-state index in [0.29, 0.717) is 11.4 Å². The SMILES string of the molecule is CCOC(=O)Oc1ccc(NC(=O)NC2CCCC2)cc1. The molecule has 2 amide bonds. The molecule has 1 fully saturated rings. The van der Waals surface area contributed by atoms with Gasteiger partial charge in [0.05, 0.1) is 6.61 Å². The van der Waals surface area contributed by atoms with E-state index in [1.807, 2.05) is 0 Å². The molecule has 1 aliphatic carbocycles. The Balaban J connectivity index is 1.81. The Kier molecular flexibility index (Phi) is 5.43. The molecule has 0 aliphatic heterocycles. The average molecular weight is 292 g/mol. The fourth-order valence-electron chi connectivity index (χ4n) is 2.27. The Morgan fingerprint density at radius 2 is 1.86 bits per heavy atom. The molecule has 1 aromatic carbocycles. The van der Waals surface area contributed by atoms with Gasteiger partial charge in [0, 0.05) is 11.7 Å². The molecule has 1 aromatic rings. The summed E-state index contributed by atoms with van der Waals surface area (Å²) in [6, 6.07) is 6.60. The van der Waals surface area contributed by atoms with Gasteiger partial charge >= 0.3 is 12.2 Å². The van der Waals surface area contributed by atoms with E-state index in [1.165, 1.54) is 12.8 Å². The van der Waals surface area contributed by atoms with Crippen LogP contribution in [0.25, 0.3) is 0 Å². The molecule has 2 N–H and O–H groups in total. The van der Waals surface area contributed by atoms with Gasteiger partial charge in [-0.1, -0.05) is 12.8 Å². The second kappa shape index (κ2) is 7.52. The molecule has 0 atom stereocenters. The zero-order valence-corrected chi connectivity index (χ0v) is 12.1. The Hall–Kier alpha value is -2.24. The molecule has 0 heterocycles. The summed E-state index contributed by atoms with van der Waals surface area (Å²) in [6.45, 7) is 1.97. The molecule has 0 bridgehead atoms. The summed E-state index contributed by atoms with van der Waals surface area (Å²) in [4.78, 5) is 22.9. The van der Waals surface area contributed by atoms with Crippen LogP contribution in [0.1, 0.15) is 32.6 Å². The fraction of sp³-hybridized carbons (Fsp3) is 0.467. The van der Waals surface area contributed by atoms with E-state index >= 15 is 0 Å². The van der Waals surface area contributed by atoms with Gasteiger partial charge in [0.1, 0.15) is 5.75 Å². The minimum absolute atomic E-state index is 0.207. The van der Waals surface area contributed by atoms with Crippen LogP contribution >= 0.6 is 0 Å². The van der Waals surface area contributed by atoms with Gasteiger partial charge in [-0.3, -0.25) is 0 Å². The molecule has 114 valence electrons. The third-order valence-electron chi connectivity index (χ3n) is 3.27. The summed E-state index contributed by atoms with van der Waals surface area (Å²) < 4.78 is 9.61. The van der Waals surface area contributed by atoms with Crippen molar-refractivity contribution in [2.24, 2.45) is 0 Å². The van der Waals surface area contributed by atoms with Crippen LogP contribution in [0.15, 0.2) is 24.3 Å². The first-order chi connectivity index (χ1) is 10.2. The topological polar surface area (TPSA) is 76.7 Å². The summed E-state index contributed by atoms with van der Waals surface area (Å²) >= 11 is 0. The largest absolute Gasteiger partial charge is 0.513 e. The quantitative estimate of drug-likeness (QED) is 0.659. The van der Waals surface area contributed by atoms with Crippen molar-refractivity contribution in [2.45, 2.75) is 38.6 Å². The number of carbonyl (C=O) groups excluding carboxylic acids is 2. The van der Waals surface area contributed by atoms with Gasteiger partial charge in [0.15, 0.2) is 0 Å². The Morgan fingerprint density at radius 1 is 1.19 bits per heavy atom. The third-order valence-corrected chi connectivity index (χ3v) is 3.27. The third kappa shape index (κ3) is 4.98. The van der Waals surface area contributed by atoms with Gasteiger partial charge in [0.25, 0.3) is 0 Å². The van der Waals surface area contributed by atoms with Crippen molar-refractivity contribution in [3.8, 4) is 5.75 Å². The number of rotatable bonds is 4. The normalized spacial score (nSPS) is 14.5. The molecule has 0 aromatic heterocycles. The molecule has 2 rings (SSSR count). The highest BCUT2D eigenvalue weighted by atomic mass is 16.7. The molecular weight excluding hydrogens is 272 g/mol. The summed E-state index contributed by atoms with van der Waals surface area (Å²) in [5, 5.41) is 5.69. The van der Waals surface area contributed by atoms with E-state index in [1.54, 1.807) is 31.2 Å². The standard InChI is InChI=1S/C15H20N2O4/c1-2-20-15(19)21-13-9-7-12(8-10-13)17-14(18)16-11-5-3-4-6-11/h7-11H,2-6H2,1H3,(H2,16,17,18). The lowest BCUT2D eigenvalue weighted by Crippen LogP contribution is -2.36. The molecule has 1 saturated carbocycles. The minimum atomic E-state index is -0.739. The Morgan fingerprint density at radius 3 is 2.48 bits per heavy atom. The molecular formula is C15H20N2O4. The van der Waals surface area contributed by atoms with Crippen LogP contribution < -0.4 is 15.4 Å². The van der Waals surface area contributed by atoms with Gasteiger partial charge < -0.3 is 20.1 Å². The number of nitrogens with one attached hydrogen (secondary N) is 2. The average Bonchev–Trinajstić information content (AvgIpc) is 2.94. The molecule has 0 radical (unpaired) electrons. The molecule has 6 heteroatoms. The summed E-state index contributed by atoms with van der Waals surface area (Å²) in [6.07, 6.45) is 3.69. The highest BCUT2D eigenvalue weighted by Gasteiger charge is 2.16. The van der Waals surface area contributed by atoms with E-state index in [0.717, 1.165) is 12.8 Å². The van der Waals surface area contributed by atoms with Crippen molar-refractivity contribution in [2.75, 3.05) is 11.9 Å². The second-order valence-electron chi connectivity index (χ2n) is 4.89. The molecule has 0 unspecified atom stereocenters. The van der Waals surface area contributed by atoms with Gasteiger partial charge in [0.2, 0.25) is 0 Å². The van der Waals surface area contributed by atoms with E-state index in [-0.39, 0.29) is 18.7 Å². The van der Waals surface area contributed by atoms with Crippen LogP contribution in [0.4, 0.5) is 15.3 Å². The molecule has 0 saturated heterocycles. The zero-order valence-electron chi connectivity index (χ0n) is 12.1. The smallest absolute Gasteiger partial charge is 0.434 e. The predicted octanol–water partition coefficient (Wildman–Crippen LogP) is 3.29. The lowest BCUT2D eigenvalue weighted by molar-refractivity contribution is 0.104. The fourth-order valence-corrected chi connectivity index (χ4v) is 2.27. The number of ether oxygens (including phenoxy) is 2. The Bertz CT molecular complexity index is 481. The number of benzene rings is 1. The van der Waals surface area contributed by atoms with E-state index < -0.39 is 6.16 Å². The number of carbonyl (C=O) groups is 2. The van der Waals surface area contributed by atoms with E-state index in [9.17, 15) is 9.59 Å². The number of anilines is 1. The summed E-state index contributed by atoms with van der Waals surface area (Å²) in [7, 11) is 0. The van der Waals surface area contributed by atoms with E-state index in [4.69, 9.17) is 4.74 Å². The van der Waals surface area contributed by atoms with Crippen LogP contribution in [0.3, 0.4) is 0 Å². The van der Waals surface area contributed by atoms with Crippen molar-refractivity contribution in [3.05, 3.63) is 24.3 Å². The van der Waals surface area contributed by atoms with Gasteiger partial charge in [-0.15, -0.1) is 0 Å². The molecule has 21 heavy (non-hydrogen) atoms. The lowest BCUT2D eigenvalue weighted by Gasteiger charge is -2.13. The maximum Gasteiger partial charge on any atom is 0.513 e. The molecule has 6 nitrogen and oxygen atoms in total. The van der Waals surface area contributed by atoms with Crippen LogP contribution in [-0.4, -0.2) is 24.8 Å². The van der Waals surface area contributed by atoms with Crippen LogP contribution in [0, 0.1) is 0 Å². The van der Waals surface area contributed by atoms with Crippen LogP contribution in [0.2, 0.25) is 0 Å². The van der Waals surface area contributed by atoms with Gasteiger partial charge in [-0.2, -0.15) is 0 Å². The van der Waals surface area contributed by atoms with Crippen molar-refractivity contribution in [3.63, 3.8) is 0 Å². The zero-order chi connectivity index (χ0) is 15.1. The first-order valence-electron chi connectivity index (χ1n) is 7.19. The van der Waals surface area contributed by atoms with Gasteiger partial charge in [-0.05, 0) is 44.0 Å². The monoisotopic (exact) mass is 292 g/mol. The first kappa shape index (κ1) is 15.2. The van der Waals surface area contributed by atoms with Crippen molar-refractivity contribution in [1.82, 2.24) is 5.32 Å². The maximum absolute atomic E-state index is 11.8. The van der Waals surface area contributed by atoms with Crippen molar-refractivity contribution >= 4 is 17.9 Å². The molecule has 1 aliphatic rings. The van der Waals surface area contributed by atoms with Gasteiger partial charge in [-0.25, -0.2) is 9.59 Å². The molecule has 0 spiro atoms. The van der Waals surface area contributed by atoms with Crippen LogP contribution in [0.5, 0.6) is 5.75 Å². The Labute approximate surface area is 123 Å². The van der Waals surface area contributed by atoms with Crippen molar-refractivity contribution < 1.29 is 19.1 Å². The number of hydrogen-bond acceptors (Lipinski definition) is 4. The van der Waals surface area contributed by atoms with E-state index in [2.05, 4.69) is 15.4 Å². The lowest BCUT2D eigenvalue weighted by atomic mass is 10.2. The number of amides is 2. The highest BCUT2D eigenvalue weighted by molar-refractivity contribution is 5.89. The maximum atomic E-state index is 11.8. The number of urea groups is 1. The minimum Gasteiger partial charge on any atom is -0.434 e. The first-order valence-corrected chi connectivity index (χ1v) is 7.19. The summed E-state index contributed by atoms with van der Waals surface area (Å²) in [5.41, 5.74) is 0.640. The van der Waals surface area contributed by atoms with Crippen molar-refractivity contribution in [1.29, 1.82) is 0 Å². The summed E-state index contributed by atoms with van der Waals surface area (Å²) in [5.74, 6) is 0.371. The number of hydrogen-bond donors (Lipinski definition) is 2. The van der Waals surface area contributed by atoms with Crippen LogP contribution in [-0.2, 0) is 4.74 Å². The highest BCUT2D eigenvalue weighted by Crippen LogP contribution is 2.19.